The lowest BCUT2D eigenvalue weighted by Crippen LogP contribution is -2.56. The quantitative estimate of drug-likeness (QED) is 0.716. The van der Waals surface area contributed by atoms with Crippen molar-refractivity contribution < 1.29 is 0 Å². The van der Waals surface area contributed by atoms with Gasteiger partial charge in [-0.3, -0.25) is 9.80 Å². The maximum atomic E-state index is 6.07. The van der Waals surface area contributed by atoms with E-state index < -0.39 is 0 Å². The molecule has 1 aliphatic rings. The molecular weight excluding hydrogens is 236 g/mol. The molecular formula is C15H34N4. The van der Waals surface area contributed by atoms with Crippen LogP contribution in [-0.2, 0) is 0 Å². The lowest BCUT2D eigenvalue weighted by molar-refractivity contribution is 0.0667. The van der Waals surface area contributed by atoms with Crippen LogP contribution >= 0.6 is 0 Å². The highest BCUT2D eigenvalue weighted by Crippen LogP contribution is 2.22. The second-order valence-electron chi connectivity index (χ2n) is 5.86. The zero-order chi connectivity index (χ0) is 14.3. The molecule has 114 valence electrons. The van der Waals surface area contributed by atoms with E-state index in [2.05, 4.69) is 42.5 Å². The fourth-order valence-electron chi connectivity index (χ4n) is 3.18. The Labute approximate surface area is 119 Å². The van der Waals surface area contributed by atoms with Crippen LogP contribution in [0.25, 0.3) is 0 Å². The Balaban J connectivity index is 2.47. The van der Waals surface area contributed by atoms with Crippen molar-refractivity contribution >= 4 is 0 Å². The standard InChI is InChI=1S/C15H34N4/c1-5-15(6-2,14-16)19(7-3)13-12-18-10-8-17(4)9-11-18/h5-14,16H2,1-4H3. The predicted molar refractivity (Wildman–Crippen MR) is 83.6 cm³/mol. The smallest absolute Gasteiger partial charge is 0.0326 e. The minimum absolute atomic E-state index is 0.210. The molecule has 1 aliphatic heterocycles. The van der Waals surface area contributed by atoms with Crippen LogP contribution in [-0.4, -0.2) is 79.6 Å². The van der Waals surface area contributed by atoms with Gasteiger partial charge < -0.3 is 10.6 Å². The third-order valence-corrected chi connectivity index (χ3v) is 5.03. The highest BCUT2D eigenvalue weighted by Gasteiger charge is 2.31. The average Bonchev–Trinajstić information content (AvgIpc) is 2.46. The van der Waals surface area contributed by atoms with Crippen molar-refractivity contribution in [2.45, 2.75) is 39.2 Å². The number of hydrogen-bond acceptors (Lipinski definition) is 4. The first kappa shape index (κ1) is 16.9. The SMILES string of the molecule is CCN(CCN1CCN(C)CC1)C(CC)(CC)CN. The van der Waals surface area contributed by atoms with Crippen LogP contribution in [0.4, 0.5) is 0 Å². The van der Waals surface area contributed by atoms with Gasteiger partial charge in [0.2, 0.25) is 0 Å². The summed E-state index contributed by atoms with van der Waals surface area (Å²) in [5, 5.41) is 0. The molecule has 1 fully saturated rings. The molecule has 0 atom stereocenters. The van der Waals surface area contributed by atoms with E-state index in [-0.39, 0.29) is 5.54 Å². The Morgan fingerprint density at radius 2 is 1.63 bits per heavy atom. The van der Waals surface area contributed by atoms with Crippen molar-refractivity contribution in [3.63, 3.8) is 0 Å². The lowest BCUT2D eigenvalue weighted by atomic mass is 9.90. The van der Waals surface area contributed by atoms with E-state index in [9.17, 15) is 0 Å². The van der Waals surface area contributed by atoms with E-state index in [1.54, 1.807) is 0 Å². The van der Waals surface area contributed by atoms with E-state index in [4.69, 9.17) is 5.73 Å². The number of piperazine rings is 1. The minimum Gasteiger partial charge on any atom is -0.329 e. The van der Waals surface area contributed by atoms with Gasteiger partial charge in [0.15, 0.2) is 0 Å². The van der Waals surface area contributed by atoms with E-state index in [0.717, 1.165) is 32.5 Å². The normalized spacial score (nSPS) is 19.3. The summed E-state index contributed by atoms with van der Waals surface area (Å²) in [6.07, 6.45) is 2.30. The van der Waals surface area contributed by atoms with Crippen LogP contribution in [0.5, 0.6) is 0 Å². The molecule has 0 aliphatic carbocycles. The molecule has 1 rings (SSSR count). The first-order valence-electron chi connectivity index (χ1n) is 7.97. The Morgan fingerprint density at radius 3 is 2.05 bits per heavy atom. The lowest BCUT2D eigenvalue weighted by Gasteiger charge is -2.43. The van der Waals surface area contributed by atoms with Crippen molar-refractivity contribution in [1.29, 1.82) is 0 Å². The van der Waals surface area contributed by atoms with Crippen molar-refractivity contribution in [2.75, 3.05) is 59.4 Å². The van der Waals surface area contributed by atoms with Gasteiger partial charge in [-0.15, -0.1) is 0 Å². The Morgan fingerprint density at radius 1 is 1.05 bits per heavy atom. The van der Waals surface area contributed by atoms with Gasteiger partial charge in [-0.2, -0.15) is 0 Å². The molecule has 0 spiro atoms. The van der Waals surface area contributed by atoms with Crippen LogP contribution < -0.4 is 5.73 Å². The molecule has 0 aromatic rings. The summed E-state index contributed by atoms with van der Waals surface area (Å²) in [7, 11) is 2.21. The molecule has 1 saturated heterocycles. The van der Waals surface area contributed by atoms with Crippen LogP contribution in [0.1, 0.15) is 33.6 Å². The van der Waals surface area contributed by atoms with Crippen molar-refractivity contribution in [3.05, 3.63) is 0 Å². The van der Waals surface area contributed by atoms with Crippen LogP contribution in [0.2, 0.25) is 0 Å². The van der Waals surface area contributed by atoms with Crippen molar-refractivity contribution in [2.24, 2.45) is 5.73 Å². The number of hydrogen-bond donors (Lipinski definition) is 1. The molecule has 0 amide bonds. The Hall–Kier alpha value is -0.160. The molecule has 0 aromatic heterocycles. The van der Waals surface area contributed by atoms with Gasteiger partial charge in [-0.05, 0) is 26.4 Å². The number of likely N-dealkylation sites (N-methyl/N-ethyl adjacent to an activating group) is 2. The molecule has 0 aromatic carbocycles. The summed E-state index contributed by atoms with van der Waals surface area (Å²) < 4.78 is 0. The maximum absolute atomic E-state index is 6.07. The topological polar surface area (TPSA) is 35.7 Å². The zero-order valence-electron chi connectivity index (χ0n) is 13.5. The van der Waals surface area contributed by atoms with E-state index in [1.165, 1.54) is 32.7 Å². The van der Waals surface area contributed by atoms with E-state index in [1.807, 2.05) is 0 Å². The first-order chi connectivity index (χ1) is 9.11. The maximum Gasteiger partial charge on any atom is 0.0326 e. The zero-order valence-corrected chi connectivity index (χ0v) is 13.5. The molecule has 4 nitrogen and oxygen atoms in total. The van der Waals surface area contributed by atoms with Gasteiger partial charge in [0, 0.05) is 51.4 Å². The molecule has 0 bridgehead atoms. The highest BCUT2D eigenvalue weighted by atomic mass is 15.3. The third kappa shape index (κ3) is 4.42. The summed E-state index contributed by atoms with van der Waals surface area (Å²) in [6, 6.07) is 0. The van der Waals surface area contributed by atoms with Gasteiger partial charge in [-0.1, -0.05) is 20.8 Å². The molecule has 0 radical (unpaired) electrons. The van der Waals surface area contributed by atoms with E-state index in [0.29, 0.717) is 0 Å². The Bertz CT molecular complexity index is 224. The van der Waals surface area contributed by atoms with Crippen LogP contribution in [0.15, 0.2) is 0 Å². The fraction of sp³-hybridized carbons (Fsp3) is 1.00. The molecule has 2 N–H and O–H groups in total. The molecule has 0 saturated carbocycles. The van der Waals surface area contributed by atoms with Gasteiger partial charge in [-0.25, -0.2) is 0 Å². The second kappa shape index (κ2) is 8.20. The second-order valence-corrected chi connectivity index (χ2v) is 5.86. The van der Waals surface area contributed by atoms with Crippen LogP contribution in [0.3, 0.4) is 0 Å². The van der Waals surface area contributed by atoms with Gasteiger partial charge >= 0.3 is 0 Å². The summed E-state index contributed by atoms with van der Waals surface area (Å²) >= 11 is 0. The molecule has 19 heavy (non-hydrogen) atoms. The van der Waals surface area contributed by atoms with Gasteiger partial charge in [0.1, 0.15) is 0 Å². The number of nitrogens with two attached hydrogens (primary N) is 1. The van der Waals surface area contributed by atoms with Gasteiger partial charge in [0.05, 0.1) is 0 Å². The first-order valence-corrected chi connectivity index (χ1v) is 7.97. The number of rotatable bonds is 8. The monoisotopic (exact) mass is 270 g/mol. The average molecular weight is 270 g/mol. The molecule has 0 unspecified atom stereocenters. The third-order valence-electron chi connectivity index (χ3n) is 5.03. The number of nitrogens with zero attached hydrogens (tertiary/aromatic N) is 3. The van der Waals surface area contributed by atoms with Gasteiger partial charge in [0.25, 0.3) is 0 Å². The highest BCUT2D eigenvalue weighted by molar-refractivity contribution is 4.89. The predicted octanol–water partition coefficient (Wildman–Crippen LogP) is 1.07. The van der Waals surface area contributed by atoms with Crippen LogP contribution in [0, 0.1) is 0 Å². The summed E-state index contributed by atoms with van der Waals surface area (Å²) in [5.74, 6) is 0. The van der Waals surface area contributed by atoms with Crippen molar-refractivity contribution in [3.8, 4) is 0 Å². The van der Waals surface area contributed by atoms with Crippen molar-refractivity contribution in [1.82, 2.24) is 14.7 Å². The fourth-order valence-corrected chi connectivity index (χ4v) is 3.18. The molecule has 4 heteroatoms. The molecule has 1 heterocycles. The summed E-state index contributed by atoms with van der Waals surface area (Å²) in [5.41, 5.74) is 6.28. The van der Waals surface area contributed by atoms with E-state index >= 15 is 0 Å². The largest absolute Gasteiger partial charge is 0.329 e. The minimum atomic E-state index is 0.210. The summed E-state index contributed by atoms with van der Waals surface area (Å²) in [6.45, 7) is 15.9. The summed E-state index contributed by atoms with van der Waals surface area (Å²) in [4.78, 5) is 7.61. The Kier molecular flexibility index (Phi) is 7.29.